The Balaban J connectivity index is 2.05. The van der Waals surface area contributed by atoms with Crippen LogP contribution in [0.15, 0.2) is 42.5 Å². The highest BCUT2D eigenvalue weighted by Crippen LogP contribution is 2.33. The average Bonchev–Trinajstić information content (AvgIpc) is 2.66. The Morgan fingerprint density at radius 2 is 1.67 bits per heavy atom. The van der Waals surface area contributed by atoms with E-state index in [9.17, 15) is 27.9 Å². The van der Waals surface area contributed by atoms with Crippen molar-refractivity contribution in [2.75, 3.05) is 10.6 Å². The first-order chi connectivity index (χ1) is 13.9. The number of rotatable bonds is 6. The summed E-state index contributed by atoms with van der Waals surface area (Å²) < 4.78 is 39.2. The van der Waals surface area contributed by atoms with E-state index in [1.54, 1.807) is 24.3 Å². The van der Waals surface area contributed by atoms with Gasteiger partial charge >= 0.3 is 6.18 Å². The summed E-state index contributed by atoms with van der Waals surface area (Å²) in [6.07, 6.45) is -4.42. The Morgan fingerprint density at radius 1 is 1.07 bits per heavy atom. The van der Waals surface area contributed by atoms with Gasteiger partial charge in [0.25, 0.3) is 5.91 Å². The molecule has 2 aromatic carbocycles. The highest BCUT2D eigenvalue weighted by molar-refractivity contribution is 5.97. The number of aryl methyl sites for hydroxylation is 1. The molecule has 9 heteroatoms. The Labute approximate surface area is 171 Å². The maximum Gasteiger partial charge on any atom is 0.417 e. The number of carbonyl (C=O) groups is 2. The van der Waals surface area contributed by atoms with Gasteiger partial charge in [0, 0.05) is 18.3 Å². The second kappa shape index (κ2) is 8.97. The molecule has 0 heterocycles. The molecule has 0 fully saturated rings. The number of nitrogens with zero attached hydrogens (tertiary/aromatic N) is 1. The SMILES string of the molecule is CC(=O)Nc1ccc(CC[C@](C)(O)C(=O)Nc2ccc(C#N)c(C(F)(F)F)c2)cc1. The van der Waals surface area contributed by atoms with Gasteiger partial charge in [0.2, 0.25) is 5.91 Å². The van der Waals surface area contributed by atoms with Crippen LogP contribution >= 0.6 is 0 Å². The molecule has 2 amide bonds. The highest BCUT2D eigenvalue weighted by Gasteiger charge is 2.35. The second-order valence-electron chi connectivity index (χ2n) is 6.98. The summed E-state index contributed by atoms with van der Waals surface area (Å²) in [6, 6.07) is 11.1. The first kappa shape index (κ1) is 22.9. The van der Waals surface area contributed by atoms with Crippen LogP contribution < -0.4 is 10.6 Å². The summed E-state index contributed by atoms with van der Waals surface area (Å²) in [5.41, 5.74) is -2.34. The van der Waals surface area contributed by atoms with Crippen LogP contribution in [-0.4, -0.2) is 22.5 Å². The van der Waals surface area contributed by atoms with Gasteiger partial charge in [-0.15, -0.1) is 0 Å². The molecule has 2 aromatic rings. The Hall–Kier alpha value is -3.38. The lowest BCUT2D eigenvalue weighted by Crippen LogP contribution is -2.40. The van der Waals surface area contributed by atoms with Crippen LogP contribution in [0.4, 0.5) is 24.5 Å². The number of halogens is 3. The number of hydrogen-bond donors (Lipinski definition) is 3. The molecular weight excluding hydrogens is 399 g/mol. The first-order valence-electron chi connectivity index (χ1n) is 8.94. The first-order valence-corrected chi connectivity index (χ1v) is 8.94. The van der Waals surface area contributed by atoms with Gasteiger partial charge in [-0.25, -0.2) is 0 Å². The van der Waals surface area contributed by atoms with Gasteiger partial charge in [0.15, 0.2) is 0 Å². The van der Waals surface area contributed by atoms with Gasteiger partial charge in [-0.1, -0.05) is 12.1 Å². The molecule has 0 radical (unpaired) electrons. The number of nitrogens with one attached hydrogen (secondary N) is 2. The van der Waals surface area contributed by atoms with E-state index in [1.807, 2.05) is 0 Å². The number of nitriles is 1. The van der Waals surface area contributed by atoms with E-state index >= 15 is 0 Å². The van der Waals surface area contributed by atoms with Crippen molar-refractivity contribution in [3.8, 4) is 6.07 Å². The van der Waals surface area contributed by atoms with E-state index in [-0.39, 0.29) is 18.0 Å². The minimum absolute atomic E-state index is 0.0146. The topological polar surface area (TPSA) is 102 Å². The Bertz CT molecular complexity index is 978. The average molecular weight is 419 g/mol. The zero-order valence-electron chi connectivity index (χ0n) is 16.3. The number of amides is 2. The lowest BCUT2D eigenvalue weighted by Gasteiger charge is -2.23. The molecular formula is C21H20F3N3O3. The number of alkyl halides is 3. The molecule has 0 unspecified atom stereocenters. The molecule has 158 valence electrons. The van der Waals surface area contributed by atoms with Crippen LogP contribution in [0.25, 0.3) is 0 Å². The zero-order valence-corrected chi connectivity index (χ0v) is 16.3. The van der Waals surface area contributed by atoms with Crippen molar-refractivity contribution in [2.24, 2.45) is 0 Å². The number of carbonyl (C=O) groups excluding carboxylic acids is 2. The Morgan fingerprint density at radius 3 is 2.20 bits per heavy atom. The maximum atomic E-state index is 13.1. The van der Waals surface area contributed by atoms with E-state index in [2.05, 4.69) is 10.6 Å². The lowest BCUT2D eigenvalue weighted by molar-refractivity contribution is -0.138. The van der Waals surface area contributed by atoms with Crippen molar-refractivity contribution in [3.05, 3.63) is 59.2 Å². The normalized spacial score (nSPS) is 13.1. The fourth-order valence-electron chi connectivity index (χ4n) is 2.68. The molecule has 0 bridgehead atoms. The van der Waals surface area contributed by atoms with Crippen LogP contribution in [0, 0.1) is 11.3 Å². The molecule has 0 aliphatic carbocycles. The van der Waals surface area contributed by atoms with Gasteiger partial charge < -0.3 is 15.7 Å². The third-order valence-electron chi connectivity index (χ3n) is 4.37. The van der Waals surface area contributed by atoms with E-state index in [4.69, 9.17) is 5.26 Å². The lowest BCUT2D eigenvalue weighted by atomic mass is 9.95. The van der Waals surface area contributed by atoms with E-state index < -0.39 is 28.8 Å². The van der Waals surface area contributed by atoms with Gasteiger partial charge in [-0.3, -0.25) is 9.59 Å². The summed E-state index contributed by atoms with van der Waals surface area (Å²) in [5, 5.41) is 24.2. The molecule has 0 aliphatic rings. The predicted octanol–water partition coefficient (Wildman–Crippen LogP) is 3.86. The molecule has 0 saturated carbocycles. The minimum Gasteiger partial charge on any atom is -0.380 e. The van der Waals surface area contributed by atoms with Crippen molar-refractivity contribution in [1.82, 2.24) is 0 Å². The molecule has 2 rings (SSSR count). The Kier molecular flexibility index (Phi) is 6.84. The molecule has 1 atom stereocenters. The van der Waals surface area contributed by atoms with E-state index in [0.29, 0.717) is 18.2 Å². The monoisotopic (exact) mass is 419 g/mol. The fraction of sp³-hybridized carbons (Fsp3) is 0.286. The van der Waals surface area contributed by atoms with Crippen molar-refractivity contribution in [1.29, 1.82) is 5.26 Å². The molecule has 3 N–H and O–H groups in total. The smallest absolute Gasteiger partial charge is 0.380 e. The number of hydrogen-bond acceptors (Lipinski definition) is 4. The maximum absolute atomic E-state index is 13.1. The standard InChI is InChI=1S/C21H20F3N3O3/c1-13(28)26-16-6-3-14(4-7-16)9-10-20(2,30)19(29)27-17-8-5-15(12-25)18(11-17)21(22,23)24/h3-8,11,30H,9-10H2,1-2H3,(H,26,28)(H,27,29)/t20-/m0/s1. The number of aliphatic hydroxyl groups is 1. The summed E-state index contributed by atoms with van der Waals surface area (Å²) in [4.78, 5) is 23.4. The molecule has 0 aromatic heterocycles. The van der Waals surface area contributed by atoms with Crippen molar-refractivity contribution >= 4 is 23.2 Å². The van der Waals surface area contributed by atoms with Gasteiger partial charge in [-0.05, 0) is 55.7 Å². The van der Waals surface area contributed by atoms with Crippen LogP contribution in [0.1, 0.15) is 37.0 Å². The molecule has 0 aliphatic heterocycles. The van der Waals surface area contributed by atoms with Crippen LogP contribution in [0.2, 0.25) is 0 Å². The van der Waals surface area contributed by atoms with Gasteiger partial charge in [0.1, 0.15) is 5.60 Å². The highest BCUT2D eigenvalue weighted by atomic mass is 19.4. The molecule has 0 spiro atoms. The van der Waals surface area contributed by atoms with E-state index in [0.717, 1.165) is 11.6 Å². The summed E-state index contributed by atoms with van der Waals surface area (Å²) in [6.45, 7) is 2.65. The van der Waals surface area contributed by atoms with Crippen molar-refractivity contribution in [2.45, 2.75) is 38.5 Å². The van der Waals surface area contributed by atoms with Crippen LogP contribution in [0.5, 0.6) is 0 Å². The third-order valence-corrected chi connectivity index (χ3v) is 4.37. The molecule has 30 heavy (non-hydrogen) atoms. The van der Waals surface area contributed by atoms with Crippen LogP contribution in [-0.2, 0) is 22.2 Å². The van der Waals surface area contributed by atoms with Gasteiger partial charge in [-0.2, -0.15) is 18.4 Å². The number of benzene rings is 2. The van der Waals surface area contributed by atoms with Crippen molar-refractivity contribution < 1.29 is 27.9 Å². The quantitative estimate of drug-likeness (QED) is 0.662. The molecule has 6 nitrogen and oxygen atoms in total. The van der Waals surface area contributed by atoms with Gasteiger partial charge in [0.05, 0.1) is 17.2 Å². The third kappa shape index (κ3) is 6.06. The summed E-state index contributed by atoms with van der Waals surface area (Å²) in [7, 11) is 0. The minimum atomic E-state index is -4.75. The van der Waals surface area contributed by atoms with Crippen molar-refractivity contribution in [3.63, 3.8) is 0 Å². The van der Waals surface area contributed by atoms with Crippen LogP contribution in [0.3, 0.4) is 0 Å². The summed E-state index contributed by atoms with van der Waals surface area (Å²) in [5.74, 6) is -1.07. The largest absolute Gasteiger partial charge is 0.417 e. The number of anilines is 2. The summed E-state index contributed by atoms with van der Waals surface area (Å²) >= 11 is 0. The predicted molar refractivity (Wildman–Crippen MR) is 104 cm³/mol. The fourth-order valence-corrected chi connectivity index (χ4v) is 2.68. The second-order valence-corrected chi connectivity index (χ2v) is 6.98. The van der Waals surface area contributed by atoms with E-state index in [1.165, 1.54) is 26.0 Å². The zero-order chi connectivity index (χ0) is 22.5. The molecule has 0 saturated heterocycles.